The molecular weight excluding hydrogens is 334 g/mol. The fourth-order valence-corrected chi connectivity index (χ4v) is 2.63. The zero-order valence-corrected chi connectivity index (χ0v) is 13.5. The lowest BCUT2D eigenvalue weighted by molar-refractivity contribution is 0.0693. The third-order valence-electron chi connectivity index (χ3n) is 3.36. The molecule has 5 heteroatoms. The predicted molar refractivity (Wildman–Crippen MR) is 85.8 cm³/mol. The van der Waals surface area contributed by atoms with Gasteiger partial charge in [0.1, 0.15) is 5.56 Å². The van der Waals surface area contributed by atoms with Gasteiger partial charge in [-0.3, -0.25) is 4.79 Å². The number of benzene rings is 1. The largest absolute Gasteiger partial charge is 0.477 e. The summed E-state index contributed by atoms with van der Waals surface area (Å²) >= 11 is 3.34. The SMILES string of the molecule is CCCc1c(C(=O)O)c(=O)c(-c2ccc(Br)cc2)cn1C. The van der Waals surface area contributed by atoms with Crippen LogP contribution in [-0.4, -0.2) is 15.6 Å². The zero-order valence-electron chi connectivity index (χ0n) is 11.9. The summed E-state index contributed by atoms with van der Waals surface area (Å²) in [5.74, 6) is -1.17. The molecule has 1 aromatic heterocycles. The predicted octanol–water partition coefficient (Wildman–Crippen LogP) is 3.47. The molecule has 1 N–H and O–H groups in total. The van der Waals surface area contributed by atoms with Crippen molar-refractivity contribution in [2.24, 2.45) is 7.05 Å². The van der Waals surface area contributed by atoms with E-state index in [1.165, 1.54) is 0 Å². The number of carboxylic acids is 1. The molecule has 110 valence electrons. The highest BCUT2D eigenvalue weighted by Gasteiger charge is 2.20. The highest BCUT2D eigenvalue weighted by molar-refractivity contribution is 9.10. The average molecular weight is 350 g/mol. The van der Waals surface area contributed by atoms with Crippen molar-refractivity contribution in [3.05, 3.63) is 56.4 Å². The van der Waals surface area contributed by atoms with Gasteiger partial charge >= 0.3 is 5.97 Å². The summed E-state index contributed by atoms with van der Waals surface area (Å²) in [6, 6.07) is 7.25. The monoisotopic (exact) mass is 349 g/mol. The Balaban J connectivity index is 2.72. The summed E-state index contributed by atoms with van der Waals surface area (Å²) < 4.78 is 2.65. The van der Waals surface area contributed by atoms with Crippen LogP contribution >= 0.6 is 15.9 Å². The van der Waals surface area contributed by atoms with E-state index in [0.717, 1.165) is 10.9 Å². The van der Waals surface area contributed by atoms with Crippen LogP contribution in [0.2, 0.25) is 0 Å². The number of aryl methyl sites for hydroxylation is 1. The quantitative estimate of drug-likeness (QED) is 0.919. The van der Waals surface area contributed by atoms with Gasteiger partial charge in [0.15, 0.2) is 0 Å². The van der Waals surface area contributed by atoms with Crippen LogP contribution in [0.3, 0.4) is 0 Å². The normalized spacial score (nSPS) is 10.6. The molecular formula is C16H16BrNO3. The van der Waals surface area contributed by atoms with Crippen LogP contribution in [0.1, 0.15) is 29.4 Å². The van der Waals surface area contributed by atoms with Crippen LogP contribution in [0.15, 0.2) is 39.7 Å². The molecule has 0 unspecified atom stereocenters. The first kappa shape index (κ1) is 15.5. The number of aromatic carboxylic acids is 1. The van der Waals surface area contributed by atoms with Gasteiger partial charge in [0.25, 0.3) is 0 Å². The van der Waals surface area contributed by atoms with Crippen LogP contribution in [0.4, 0.5) is 0 Å². The van der Waals surface area contributed by atoms with Crippen molar-refractivity contribution in [3.63, 3.8) is 0 Å². The number of hydrogen-bond donors (Lipinski definition) is 1. The van der Waals surface area contributed by atoms with Crippen LogP contribution < -0.4 is 5.43 Å². The van der Waals surface area contributed by atoms with Crippen molar-refractivity contribution < 1.29 is 9.90 Å². The highest BCUT2D eigenvalue weighted by Crippen LogP contribution is 2.21. The third-order valence-corrected chi connectivity index (χ3v) is 3.89. The molecule has 0 bridgehead atoms. The Morgan fingerprint density at radius 3 is 2.43 bits per heavy atom. The number of pyridine rings is 1. The molecule has 1 aromatic carbocycles. The summed E-state index contributed by atoms with van der Waals surface area (Å²) in [5.41, 5.74) is 1.13. The van der Waals surface area contributed by atoms with Gasteiger partial charge in [-0.1, -0.05) is 41.4 Å². The highest BCUT2D eigenvalue weighted by atomic mass is 79.9. The van der Waals surface area contributed by atoms with Crippen LogP contribution in [0.5, 0.6) is 0 Å². The molecule has 0 atom stereocenters. The Hall–Kier alpha value is -1.88. The number of rotatable bonds is 4. The molecule has 0 saturated carbocycles. The Bertz CT molecular complexity index is 732. The second-order valence-corrected chi connectivity index (χ2v) is 5.78. The molecule has 0 saturated heterocycles. The second kappa shape index (κ2) is 6.26. The molecule has 0 aliphatic carbocycles. The van der Waals surface area contributed by atoms with Gasteiger partial charge in [-0.15, -0.1) is 0 Å². The zero-order chi connectivity index (χ0) is 15.6. The van der Waals surface area contributed by atoms with Crippen LogP contribution in [0.25, 0.3) is 11.1 Å². The minimum Gasteiger partial charge on any atom is -0.477 e. The van der Waals surface area contributed by atoms with E-state index in [1.54, 1.807) is 29.9 Å². The Morgan fingerprint density at radius 2 is 1.90 bits per heavy atom. The van der Waals surface area contributed by atoms with E-state index in [9.17, 15) is 14.7 Å². The Kier molecular flexibility index (Phi) is 4.63. The average Bonchev–Trinajstić information content (AvgIpc) is 2.43. The van der Waals surface area contributed by atoms with Crippen molar-refractivity contribution in [2.45, 2.75) is 19.8 Å². The third kappa shape index (κ3) is 3.08. The molecule has 2 aromatic rings. The molecule has 0 aliphatic heterocycles. The molecule has 21 heavy (non-hydrogen) atoms. The van der Waals surface area contributed by atoms with E-state index in [0.29, 0.717) is 23.2 Å². The summed E-state index contributed by atoms with van der Waals surface area (Å²) in [7, 11) is 1.78. The summed E-state index contributed by atoms with van der Waals surface area (Å²) in [6.45, 7) is 1.96. The second-order valence-electron chi connectivity index (χ2n) is 4.87. The maximum atomic E-state index is 12.5. The van der Waals surface area contributed by atoms with E-state index in [-0.39, 0.29) is 5.56 Å². The van der Waals surface area contributed by atoms with E-state index in [2.05, 4.69) is 15.9 Å². The summed E-state index contributed by atoms with van der Waals surface area (Å²) in [6.07, 6.45) is 3.06. The van der Waals surface area contributed by atoms with Crippen LogP contribution in [-0.2, 0) is 13.5 Å². The first-order valence-corrected chi connectivity index (χ1v) is 7.46. The maximum absolute atomic E-state index is 12.5. The van der Waals surface area contributed by atoms with E-state index in [4.69, 9.17) is 0 Å². The summed E-state index contributed by atoms with van der Waals surface area (Å²) in [4.78, 5) is 24.0. The number of halogens is 1. The fraction of sp³-hybridized carbons (Fsp3) is 0.250. The van der Waals surface area contributed by atoms with Gasteiger partial charge in [0.2, 0.25) is 5.43 Å². The minimum atomic E-state index is -1.17. The number of nitrogens with zero attached hydrogens (tertiary/aromatic N) is 1. The lowest BCUT2D eigenvalue weighted by atomic mass is 10.0. The van der Waals surface area contributed by atoms with Gasteiger partial charge in [0.05, 0.1) is 0 Å². The van der Waals surface area contributed by atoms with Crippen molar-refractivity contribution in [3.8, 4) is 11.1 Å². The number of aromatic nitrogens is 1. The van der Waals surface area contributed by atoms with E-state index in [1.807, 2.05) is 19.1 Å². The first-order chi connectivity index (χ1) is 9.95. The van der Waals surface area contributed by atoms with Crippen molar-refractivity contribution >= 4 is 21.9 Å². The first-order valence-electron chi connectivity index (χ1n) is 6.67. The van der Waals surface area contributed by atoms with Gasteiger partial charge in [-0.25, -0.2) is 4.79 Å². The molecule has 2 rings (SSSR count). The van der Waals surface area contributed by atoms with Crippen molar-refractivity contribution in [1.29, 1.82) is 0 Å². The summed E-state index contributed by atoms with van der Waals surface area (Å²) in [5, 5.41) is 9.39. The number of hydrogen-bond acceptors (Lipinski definition) is 2. The van der Waals surface area contributed by atoms with Gasteiger partial charge in [-0.05, 0) is 24.1 Å². The van der Waals surface area contributed by atoms with Gasteiger partial charge < -0.3 is 9.67 Å². The van der Waals surface area contributed by atoms with Gasteiger partial charge in [-0.2, -0.15) is 0 Å². The molecule has 0 spiro atoms. The lowest BCUT2D eigenvalue weighted by Crippen LogP contribution is -2.23. The molecule has 0 fully saturated rings. The van der Waals surface area contributed by atoms with Crippen molar-refractivity contribution in [2.75, 3.05) is 0 Å². The smallest absolute Gasteiger partial charge is 0.341 e. The van der Waals surface area contributed by atoms with Crippen molar-refractivity contribution in [1.82, 2.24) is 4.57 Å². The number of carbonyl (C=O) groups is 1. The standard InChI is InChI=1S/C16H16BrNO3/c1-3-4-13-14(16(20)21)15(19)12(9-18(13)2)10-5-7-11(17)8-6-10/h5-9H,3-4H2,1-2H3,(H,20,21). The van der Waals surface area contributed by atoms with E-state index < -0.39 is 11.4 Å². The Morgan fingerprint density at radius 1 is 1.29 bits per heavy atom. The number of carboxylic acid groups (broad SMARTS) is 1. The topological polar surface area (TPSA) is 59.3 Å². The molecule has 0 amide bonds. The molecule has 0 radical (unpaired) electrons. The molecule has 0 aliphatic rings. The Labute approximate surface area is 131 Å². The lowest BCUT2D eigenvalue weighted by Gasteiger charge is -2.14. The van der Waals surface area contributed by atoms with Gasteiger partial charge in [0, 0.05) is 29.0 Å². The maximum Gasteiger partial charge on any atom is 0.341 e. The molecule has 1 heterocycles. The molecule has 4 nitrogen and oxygen atoms in total. The minimum absolute atomic E-state index is 0.125. The van der Waals surface area contributed by atoms with Crippen LogP contribution in [0, 0.1) is 0 Å². The van der Waals surface area contributed by atoms with E-state index >= 15 is 0 Å². The fourth-order valence-electron chi connectivity index (χ4n) is 2.37.